The molecule has 1 N–H and O–H groups in total. The molecule has 1 aliphatic carbocycles. The highest BCUT2D eigenvalue weighted by Crippen LogP contribution is 2.33. The molecule has 0 atom stereocenters. The van der Waals surface area contributed by atoms with Gasteiger partial charge < -0.3 is 5.32 Å². The number of anilines is 1. The third kappa shape index (κ3) is 3.34. The Balaban J connectivity index is 1.71. The number of hydrogen-bond acceptors (Lipinski definition) is 2. The van der Waals surface area contributed by atoms with Crippen LogP contribution in [0.15, 0.2) is 54.7 Å². The van der Waals surface area contributed by atoms with Crippen LogP contribution in [-0.4, -0.2) is 10.9 Å². The molecule has 3 aromatic rings. The van der Waals surface area contributed by atoms with Crippen LogP contribution in [0.4, 0.5) is 5.69 Å². The lowest BCUT2D eigenvalue weighted by molar-refractivity contribution is -0.117. The molecule has 1 heterocycles. The van der Waals surface area contributed by atoms with Crippen LogP contribution in [0.1, 0.15) is 39.2 Å². The number of amides is 1. The van der Waals surface area contributed by atoms with E-state index >= 15 is 0 Å². The molecule has 3 heteroatoms. The van der Waals surface area contributed by atoms with Gasteiger partial charge in [-0.15, -0.1) is 0 Å². The van der Waals surface area contributed by atoms with E-state index in [0.717, 1.165) is 40.6 Å². The standard InChI is InChI=1S/C23H24N2O/c1-23(2,3)18-11-9-15(10-12-18)17-13-19-20(24-14-17)5-4-6-21(19)25-22(26)16-7-8-16/h4-6,9-14,16H,7-8H2,1-3H3,(H,25,26). The molecule has 0 radical (unpaired) electrons. The highest BCUT2D eigenvalue weighted by Gasteiger charge is 2.29. The Morgan fingerprint density at radius 3 is 2.42 bits per heavy atom. The Kier molecular flexibility index (Phi) is 4.03. The zero-order chi connectivity index (χ0) is 18.3. The van der Waals surface area contributed by atoms with Gasteiger partial charge in [0.2, 0.25) is 5.91 Å². The molecule has 4 rings (SSSR count). The monoisotopic (exact) mass is 344 g/mol. The quantitative estimate of drug-likeness (QED) is 0.677. The van der Waals surface area contributed by atoms with Crippen LogP contribution in [0, 0.1) is 5.92 Å². The van der Waals surface area contributed by atoms with Crippen LogP contribution in [0.2, 0.25) is 0 Å². The van der Waals surface area contributed by atoms with E-state index in [9.17, 15) is 4.79 Å². The number of fused-ring (bicyclic) bond motifs is 1. The van der Waals surface area contributed by atoms with Crippen molar-refractivity contribution in [1.29, 1.82) is 0 Å². The molecular formula is C23H24N2O. The molecule has 1 saturated carbocycles. The maximum atomic E-state index is 12.2. The number of hydrogen-bond donors (Lipinski definition) is 1. The average Bonchev–Trinajstić information content (AvgIpc) is 3.46. The van der Waals surface area contributed by atoms with E-state index in [0.29, 0.717) is 0 Å². The molecule has 0 bridgehead atoms. The number of nitrogens with one attached hydrogen (secondary N) is 1. The first-order chi connectivity index (χ1) is 12.4. The first-order valence-corrected chi connectivity index (χ1v) is 9.22. The van der Waals surface area contributed by atoms with Crippen LogP contribution >= 0.6 is 0 Å². The second kappa shape index (κ2) is 6.24. The molecule has 2 aromatic carbocycles. The normalized spacial score (nSPS) is 14.4. The summed E-state index contributed by atoms with van der Waals surface area (Å²) in [7, 11) is 0. The first kappa shape index (κ1) is 16.8. The summed E-state index contributed by atoms with van der Waals surface area (Å²) in [6.07, 6.45) is 3.90. The highest BCUT2D eigenvalue weighted by atomic mass is 16.2. The van der Waals surface area contributed by atoms with E-state index in [-0.39, 0.29) is 17.2 Å². The fraction of sp³-hybridized carbons (Fsp3) is 0.304. The van der Waals surface area contributed by atoms with Gasteiger partial charge in [-0.2, -0.15) is 0 Å². The van der Waals surface area contributed by atoms with Crippen molar-refractivity contribution in [2.45, 2.75) is 39.0 Å². The summed E-state index contributed by atoms with van der Waals surface area (Å²) in [5.41, 5.74) is 5.39. The number of benzene rings is 2. The molecule has 26 heavy (non-hydrogen) atoms. The van der Waals surface area contributed by atoms with E-state index in [2.05, 4.69) is 61.4 Å². The number of carbonyl (C=O) groups is 1. The van der Waals surface area contributed by atoms with Gasteiger partial charge in [-0.25, -0.2) is 0 Å². The lowest BCUT2D eigenvalue weighted by Crippen LogP contribution is -2.13. The molecule has 1 amide bonds. The Hall–Kier alpha value is -2.68. The van der Waals surface area contributed by atoms with Crippen LogP contribution in [0.3, 0.4) is 0 Å². The van der Waals surface area contributed by atoms with Gasteiger partial charge in [0, 0.05) is 23.1 Å². The molecule has 0 unspecified atom stereocenters. The van der Waals surface area contributed by atoms with E-state index in [1.807, 2.05) is 24.4 Å². The Labute approximate surface area is 154 Å². The summed E-state index contributed by atoms with van der Waals surface area (Å²) in [6.45, 7) is 6.65. The Morgan fingerprint density at radius 1 is 1.04 bits per heavy atom. The highest BCUT2D eigenvalue weighted by molar-refractivity contribution is 6.03. The Bertz CT molecular complexity index is 964. The van der Waals surface area contributed by atoms with Crippen LogP contribution < -0.4 is 5.32 Å². The lowest BCUT2D eigenvalue weighted by atomic mass is 9.86. The number of pyridine rings is 1. The van der Waals surface area contributed by atoms with Crippen molar-refractivity contribution in [1.82, 2.24) is 4.98 Å². The number of nitrogens with zero attached hydrogens (tertiary/aromatic N) is 1. The molecule has 1 aliphatic rings. The molecule has 0 saturated heterocycles. The summed E-state index contributed by atoms with van der Waals surface area (Å²) < 4.78 is 0. The molecule has 1 aromatic heterocycles. The van der Waals surface area contributed by atoms with Crippen LogP contribution in [0.25, 0.3) is 22.0 Å². The minimum atomic E-state index is 0.123. The molecule has 132 valence electrons. The smallest absolute Gasteiger partial charge is 0.227 e. The van der Waals surface area contributed by atoms with E-state index in [1.54, 1.807) is 0 Å². The van der Waals surface area contributed by atoms with Crippen molar-refractivity contribution < 1.29 is 4.79 Å². The average molecular weight is 344 g/mol. The van der Waals surface area contributed by atoms with Gasteiger partial charge in [0.05, 0.1) is 11.2 Å². The Morgan fingerprint density at radius 2 is 1.77 bits per heavy atom. The van der Waals surface area contributed by atoms with Gasteiger partial charge in [-0.3, -0.25) is 9.78 Å². The van der Waals surface area contributed by atoms with Crippen molar-refractivity contribution in [3.05, 3.63) is 60.3 Å². The molecule has 1 fully saturated rings. The predicted molar refractivity (Wildman–Crippen MR) is 107 cm³/mol. The van der Waals surface area contributed by atoms with Crippen molar-refractivity contribution in [3.63, 3.8) is 0 Å². The predicted octanol–water partition coefficient (Wildman–Crippen LogP) is 5.55. The van der Waals surface area contributed by atoms with E-state index in [1.165, 1.54) is 5.56 Å². The van der Waals surface area contributed by atoms with Gasteiger partial charge in [-0.1, -0.05) is 51.1 Å². The van der Waals surface area contributed by atoms with Gasteiger partial charge in [0.25, 0.3) is 0 Å². The lowest BCUT2D eigenvalue weighted by Gasteiger charge is -2.19. The maximum Gasteiger partial charge on any atom is 0.227 e. The molecular weight excluding hydrogens is 320 g/mol. The number of rotatable bonds is 3. The second-order valence-corrected chi connectivity index (χ2v) is 8.19. The summed E-state index contributed by atoms with van der Waals surface area (Å²) >= 11 is 0. The zero-order valence-electron chi connectivity index (χ0n) is 15.5. The number of carbonyl (C=O) groups excluding carboxylic acids is 1. The van der Waals surface area contributed by atoms with Gasteiger partial charge >= 0.3 is 0 Å². The van der Waals surface area contributed by atoms with E-state index in [4.69, 9.17) is 0 Å². The molecule has 0 aliphatic heterocycles. The van der Waals surface area contributed by atoms with Crippen LogP contribution in [0.5, 0.6) is 0 Å². The SMILES string of the molecule is CC(C)(C)c1ccc(-c2cnc3cccc(NC(=O)C4CC4)c3c2)cc1. The van der Waals surface area contributed by atoms with Crippen molar-refractivity contribution >= 4 is 22.5 Å². The van der Waals surface area contributed by atoms with Crippen molar-refractivity contribution in [2.24, 2.45) is 5.92 Å². The fourth-order valence-electron chi connectivity index (χ4n) is 3.16. The number of aromatic nitrogens is 1. The van der Waals surface area contributed by atoms with Crippen molar-refractivity contribution in [3.8, 4) is 11.1 Å². The van der Waals surface area contributed by atoms with Gasteiger partial charge in [0.1, 0.15) is 0 Å². The van der Waals surface area contributed by atoms with Crippen molar-refractivity contribution in [2.75, 3.05) is 5.32 Å². The fourth-order valence-corrected chi connectivity index (χ4v) is 3.16. The third-order valence-corrected chi connectivity index (χ3v) is 5.02. The molecule has 3 nitrogen and oxygen atoms in total. The maximum absolute atomic E-state index is 12.2. The zero-order valence-corrected chi connectivity index (χ0v) is 15.5. The molecule has 0 spiro atoms. The topological polar surface area (TPSA) is 42.0 Å². The van der Waals surface area contributed by atoms with Gasteiger partial charge in [0.15, 0.2) is 0 Å². The van der Waals surface area contributed by atoms with Crippen LogP contribution in [-0.2, 0) is 10.2 Å². The largest absolute Gasteiger partial charge is 0.325 e. The first-order valence-electron chi connectivity index (χ1n) is 9.22. The minimum absolute atomic E-state index is 0.123. The summed E-state index contributed by atoms with van der Waals surface area (Å²) in [4.78, 5) is 16.8. The summed E-state index contributed by atoms with van der Waals surface area (Å²) in [6, 6.07) is 16.7. The minimum Gasteiger partial charge on any atom is -0.325 e. The summed E-state index contributed by atoms with van der Waals surface area (Å²) in [5.74, 6) is 0.309. The second-order valence-electron chi connectivity index (χ2n) is 8.19. The van der Waals surface area contributed by atoms with Gasteiger partial charge in [-0.05, 0) is 47.6 Å². The third-order valence-electron chi connectivity index (χ3n) is 5.02. The summed E-state index contributed by atoms with van der Waals surface area (Å²) in [5, 5.41) is 4.06. The van der Waals surface area contributed by atoms with E-state index < -0.39 is 0 Å².